The van der Waals surface area contributed by atoms with Crippen molar-refractivity contribution in [3.05, 3.63) is 59.8 Å². The molecule has 0 aliphatic heterocycles. The van der Waals surface area contributed by atoms with Crippen molar-refractivity contribution in [2.75, 3.05) is 18.2 Å². The van der Waals surface area contributed by atoms with Gasteiger partial charge in [-0.2, -0.15) is 5.10 Å². The fourth-order valence-electron chi connectivity index (χ4n) is 3.81. The zero-order chi connectivity index (χ0) is 24.6. The second kappa shape index (κ2) is 9.38. The molecule has 2 heterocycles. The number of pyridine rings is 1. The Bertz CT molecular complexity index is 1320. The van der Waals surface area contributed by atoms with Gasteiger partial charge in [-0.25, -0.2) is 14.4 Å². The minimum Gasteiger partial charge on any atom is -0.402 e. The lowest BCUT2D eigenvalue weighted by atomic mass is 9.99. The van der Waals surface area contributed by atoms with Gasteiger partial charge >= 0.3 is 0 Å². The maximum atomic E-state index is 15.0. The van der Waals surface area contributed by atoms with E-state index < -0.39 is 16.6 Å². The Hall–Kier alpha value is -3.53. The first kappa shape index (κ1) is 23.6. The number of nitrogens with two attached hydrogens (primary N) is 2. The van der Waals surface area contributed by atoms with E-state index in [9.17, 15) is 8.60 Å². The topological polar surface area (TPSA) is 115 Å². The van der Waals surface area contributed by atoms with Crippen molar-refractivity contribution < 1.29 is 8.60 Å². The van der Waals surface area contributed by atoms with Crippen LogP contribution in [-0.2, 0) is 17.8 Å². The highest BCUT2D eigenvalue weighted by Gasteiger charge is 2.31. The van der Waals surface area contributed by atoms with Gasteiger partial charge in [-0.1, -0.05) is 0 Å². The number of benzene rings is 1. The molecule has 0 amide bonds. The van der Waals surface area contributed by atoms with Crippen LogP contribution in [-0.4, -0.2) is 38.1 Å². The van der Waals surface area contributed by atoms with E-state index in [0.717, 1.165) is 29.5 Å². The fourth-order valence-corrected chi connectivity index (χ4v) is 4.34. The Kier molecular flexibility index (Phi) is 6.52. The molecular formula is C24H28FN7OS. The first-order valence-corrected chi connectivity index (χ1v) is 12.4. The molecule has 0 saturated heterocycles. The van der Waals surface area contributed by atoms with Crippen molar-refractivity contribution in [3.8, 4) is 11.1 Å². The molecule has 1 unspecified atom stereocenters. The highest BCUT2D eigenvalue weighted by atomic mass is 32.2. The Morgan fingerprint density at radius 2 is 2.06 bits per heavy atom. The first-order valence-electron chi connectivity index (χ1n) is 10.8. The van der Waals surface area contributed by atoms with E-state index in [4.69, 9.17) is 16.5 Å². The van der Waals surface area contributed by atoms with Gasteiger partial charge < -0.3 is 16.4 Å². The average Bonchev–Trinajstić information content (AvgIpc) is 3.51. The van der Waals surface area contributed by atoms with Crippen LogP contribution in [0.1, 0.15) is 31.2 Å². The lowest BCUT2D eigenvalue weighted by Crippen LogP contribution is -2.15. The van der Waals surface area contributed by atoms with Gasteiger partial charge in [0, 0.05) is 59.1 Å². The molecule has 1 aliphatic carbocycles. The number of nitrogens with zero attached hydrogens (tertiary/aromatic N) is 5. The quantitative estimate of drug-likeness (QED) is 0.391. The summed E-state index contributed by atoms with van der Waals surface area (Å²) in [6.07, 6.45) is 8.88. The van der Waals surface area contributed by atoms with Gasteiger partial charge in [-0.3, -0.25) is 8.89 Å². The third-order valence-electron chi connectivity index (χ3n) is 5.59. The Labute approximate surface area is 200 Å². The fraction of sp³-hybridized carbons (Fsp3) is 0.292. The number of allylic oxidation sites excluding steroid dienone is 1. The van der Waals surface area contributed by atoms with Gasteiger partial charge in [0.2, 0.25) is 0 Å². The van der Waals surface area contributed by atoms with Crippen molar-refractivity contribution in [1.82, 2.24) is 14.8 Å². The van der Waals surface area contributed by atoms with E-state index in [2.05, 4.69) is 10.1 Å². The van der Waals surface area contributed by atoms with Crippen LogP contribution in [0.3, 0.4) is 0 Å². The SMILES string of the molecule is C/C(N)=C/C(N)=N\c1nc(N(C)c2ccc(S(C)=O)cc2F)cc(-c2cnn(C)c2)c1C1CC1. The molecule has 0 bridgehead atoms. The van der Waals surface area contributed by atoms with Crippen LogP contribution in [0.5, 0.6) is 0 Å². The van der Waals surface area contributed by atoms with Crippen molar-refractivity contribution in [2.24, 2.45) is 23.5 Å². The van der Waals surface area contributed by atoms with E-state index in [1.54, 1.807) is 48.0 Å². The molecule has 8 nitrogen and oxygen atoms in total. The smallest absolute Gasteiger partial charge is 0.160 e. The molecule has 1 saturated carbocycles. The summed E-state index contributed by atoms with van der Waals surface area (Å²) in [7, 11) is 2.31. The zero-order valence-corrected chi connectivity index (χ0v) is 20.4. The van der Waals surface area contributed by atoms with E-state index in [1.165, 1.54) is 12.3 Å². The number of aliphatic imine (C=N–C) groups is 1. The molecule has 178 valence electrons. The number of hydrogen-bond donors (Lipinski definition) is 2. The van der Waals surface area contributed by atoms with Gasteiger partial charge in [-0.05, 0) is 61.6 Å². The molecule has 4 rings (SSSR count). The van der Waals surface area contributed by atoms with Crippen molar-refractivity contribution in [3.63, 3.8) is 0 Å². The Balaban J connectivity index is 1.90. The van der Waals surface area contributed by atoms with Crippen molar-refractivity contribution >= 4 is 34.0 Å². The van der Waals surface area contributed by atoms with Gasteiger partial charge in [0.15, 0.2) is 5.82 Å². The van der Waals surface area contributed by atoms with E-state index in [0.29, 0.717) is 33.8 Å². The number of hydrogen-bond acceptors (Lipinski definition) is 6. The lowest BCUT2D eigenvalue weighted by Gasteiger charge is -2.22. The minimum absolute atomic E-state index is 0.243. The summed E-state index contributed by atoms with van der Waals surface area (Å²) in [5, 5.41) is 4.32. The number of amidine groups is 1. The van der Waals surface area contributed by atoms with Crippen LogP contribution in [0.15, 0.2) is 58.3 Å². The first-order chi connectivity index (χ1) is 16.1. The van der Waals surface area contributed by atoms with Gasteiger partial charge in [0.05, 0.1) is 11.9 Å². The zero-order valence-electron chi connectivity index (χ0n) is 19.6. The summed E-state index contributed by atoms with van der Waals surface area (Å²) in [6.45, 7) is 1.73. The Morgan fingerprint density at radius 3 is 2.62 bits per heavy atom. The summed E-state index contributed by atoms with van der Waals surface area (Å²) >= 11 is 0. The maximum absolute atomic E-state index is 15.0. The molecule has 0 radical (unpaired) electrons. The summed E-state index contributed by atoms with van der Waals surface area (Å²) in [4.78, 5) is 11.4. The molecule has 3 aromatic rings. The minimum atomic E-state index is -1.28. The monoisotopic (exact) mass is 481 g/mol. The van der Waals surface area contributed by atoms with Crippen LogP contribution in [0.25, 0.3) is 11.1 Å². The second-order valence-corrected chi connectivity index (χ2v) is 9.87. The molecule has 34 heavy (non-hydrogen) atoms. The lowest BCUT2D eigenvalue weighted by molar-refractivity contribution is 0.622. The summed E-state index contributed by atoms with van der Waals surface area (Å²) in [5.74, 6) is 1.04. The molecular weight excluding hydrogens is 453 g/mol. The second-order valence-electron chi connectivity index (χ2n) is 8.49. The molecule has 1 atom stereocenters. The standard InChI is InChI=1S/C24H28FN7OS/c1-14(26)9-21(27)29-24-23(15-5-6-15)18(16-12-28-31(2)13-16)11-22(30-24)32(3)20-8-7-17(34(4)33)10-19(20)25/h7-13,15H,5-6,26H2,1-4H3,(H2,27,29,30)/b14-9-. The molecule has 4 N–H and O–H groups in total. The Morgan fingerprint density at radius 1 is 1.32 bits per heavy atom. The van der Waals surface area contributed by atoms with Crippen molar-refractivity contribution in [2.45, 2.75) is 30.6 Å². The number of aryl methyl sites for hydroxylation is 1. The molecule has 0 spiro atoms. The van der Waals surface area contributed by atoms with Crippen LogP contribution < -0.4 is 16.4 Å². The van der Waals surface area contributed by atoms with Crippen molar-refractivity contribution in [1.29, 1.82) is 0 Å². The molecule has 1 aliphatic rings. The molecule has 1 fully saturated rings. The highest BCUT2D eigenvalue weighted by molar-refractivity contribution is 7.84. The third-order valence-corrected chi connectivity index (χ3v) is 6.51. The van der Waals surface area contributed by atoms with Crippen LogP contribution in [0.2, 0.25) is 0 Å². The molecule has 1 aromatic carbocycles. The van der Waals surface area contributed by atoms with Crippen LogP contribution in [0.4, 0.5) is 21.7 Å². The average molecular weight is 482 g/mol. The maximum Gasteiger partial charge on any atom is 0.160 e. The van der Waals surface area contributed by atoms with Crippen LogP contribution in [0, 0.1) is 5.82 Å². The molecule has 10 heteroatoms. The normalized spacial score (nSPS) is 15.4. The van der Waals surface area contributed by atoms with Gasteiger partial charge in [-0.15, -0.1) is 0 Å². The largest absolute Gasteiger partial charge is 0.402 e. The summed E-state index contributed by atoms with van der Waals surface area (Å²) in [5.41, 5.74) is 15.6. The van der Waals surface area contributed by atoms with E-state index in [1.807, 2.05) is 19.3 Å². The number of anilines is 2. The highest BCUT2D eigenvalue weighted by Crippen LogP contribution is 2.49. The number of rotatable bonds is 7. The summed E-state index contributed by atoms with van der Waals surface area (Å²) < 4.78 is 28.4. The van der Waals surface area contributed by atoms with Crippen LogP contribution >= 0.6 is 0 Å². The van der Waals surface area contributed by atoms with E-state index >= 15 is 0 Å². The number of halogens is 1. The number of aromatic nitrogens is 3. The third kappa shape index (κ3) is 5.01. The molecule has 2 aromatic heterocycles. The predicted molar refractivity (Wildman–Crippen MR) is 134 cm³/mol. The van der Waals surface area contributed by atoms with E-state index in [-0.39, 0.29) is 5.84 Å². The van der Waals surface area contributed by atoms with Gasteiger partial charge in [0.25, 0.3) is 0 Å². The summed E-state index contributed by atoms with van der Waals surface area (Å²) in [6, 6.07) is 6.46. The predicted octanol–water partition coefficient (Wildman–Crippen LogP) is 3.86. The van der Waals surface area contributed by atoms with Gasteiger partial charge in [0.1, 0.15) is 17.5 Å².